The van der Waals surface area contributed by atoms with E-state index in [1.54, 1.807) is 7.11 Å². The van der Waals surface area contributed by atoms with Crippen molar-refractivity contribution in [1.82, 2.24) is 14.8 Å². The van der Waals surface area contributed by atoms with Crippen LogP contribution in [0.1, 0.15) is 62.6 Å². The first-order valence-corrected chi connectivity index (χ1v) is 14.4. The van der Waals surface area contributed by atoms with E-state index >= 15 is 0 Å². The molecule has 2 atom stereocenters. The summed E-state index contributed by atoms with van der Waals surface area (Å²) >= 11 is 0. The topological polar surface area (TPSA) is 46.5 Å². The molecule has 0 saturated heterocycles. The predicted octanol–water partition coefficient (Wildman–Crippen LogP) is 6.99. The fourth-order valence-electron chi connectivity index (χ4n) is 5.47. The summed E-state index contributed by atoms with van der Waals surface area (Å²) in [5, 5.41) is 4.37. The highest BCUT2D eigenvalue weighted by Gasteiger charge is 2.24. The first-order chi connectivity index (χ1) is 19.4. The predicted molar refractivity (Wildman–Crippen MR) is 162 cm³/mol. The number of halogens is 1. The zero-order chi connectivity index (χ0) is 28.5. The molecule has 0 aliphatic heterocycles. The van der Waals surface area contributed by atoms with Gasteiger partial charge in [0.25, 0.3) is 0 Å². The molecule has 4 aromatic rings. The Morgan fingerprint density at radius 3 is 2.38 bits per heavy atom. The lowest BCUT2D eigenvalue weighted by atomic mass is 9.88. The van der Waals surface area contributed by atoms with Gasteiger partial charge in [-0.1, -0.05) is 56.3 Å². The first-order valence-electron chi connectivity index (χ1n) is 14.4. The molecule has 3 aromatic carbocycles. The molecule has 0 saturated carbocycles. The molecule has 0 spiro atoms. The zero-order valence-electron chi connectivity index (χ0n) is 24.2. The monoisotopic (exact) mass is 543 g/mol. The number of benzene rings is 3. The Hall–Kier alpha value is -3.64. The van der Waals surface area contributed by atoms with Crippen LogP contribution in [0.4, 0.5) is 4.39 Å². The van der Waals surface area contributed by atoms with Crippen molar-refractivity contribution in [2.45, 2.75) is 58.5 Å². The Balaban J connectivity index is 1.59. The van der Waals surface area contributed by atoms with E-state index in [1.165, 1.54) is 12.1 Å². The highest BCUT2D eigenvalue weighted by molar-refractivity contribution is 5.87. The fourth-order valence-corrected chi connectivity index (χ4v) is 5.47. The molecule has 1 aromatic heterocycles. The number of rotatable bonds is 14. The molecule has 0 fully saturated rings. The lowest BCUT2D eigenvalue weighted by molar-refractivity contribution is -0.121. The average Bonchev–Trinajstić information content (AvgIpc) is 3.33. The van der Waals surface area contributed by atoms with E-state index in [2.05, 4.69) is 66.0 Å². The van der Waals surface area contributed by atoms with E-state index < -0.39 is 0 Å². The second-order valence-corrected chi connectivity index (χ2v) is 10.5. The van der Waals surface area contributed by atoms with Gasteiger partial charge in [-0.25, -0.2) is 4.39 Å². The number of ether oxygens (including phenoxy) is 1. The molecule has 1 N–H and O–H groups in total. The number of fused-ring (bicyclic) bond motifs is 1. The summed E-state index contributed by atoms with van der Waals surface area (Å²) in [6.45, 7) is 10.2. The van der Waals surface area contributed by atoms with E-state index in [4.69, 9.17) is 4.74 Å². The van der Waals surface area contributed by atoms with E-state index in [0.29, 0.717) is 13.0 Å². The molecule has 0 aliphatic rings. The number of carbonyl (C=O) groups excluding carboxylic acids is 1. The van der Waals surface area contributed by atoms with E-state index in [0.717, 1.165) is 65.8 Å². The van der Waals surface area contributed by atoms with Crippen LogP contribution in [0.2, 0.25) is 0 Å². The number of aromatic nitrogens is 1. The van der Waals surface area contributed by atoms with Gasteiger partial charge in [-0.2, -0.15) is 0 Å². The molecule has 4 rings (SSSR count). The second kappa shape index (κ2) is 14.1. The highest BCUT2D eigenvalue weighted by atomic mass is 19.1. The van der Waals surface area contributed by atoms with Gasteiger partial charge in [-0.15, -0.1) is 0 Å². The van der Waals surface area contributed by atoms with Gasteiger partial charge < -0.3 is 19.5 Å². The molecular formula is C34H42FN3O2. The van der Waals surface area contributed by atoms with Crippen molar-refractivity contribution in [2.24, 2.45) is 0 Å². The maximum Gasteiger partial charge on any atom is 0.221 e. The van der Waals surface area contributed by atoms with Crippen LogP contribution in [0.15, 0.2) is 79.0 Å². The van der Waals surface area contributed by atoms with Crippen molar-refractivity contribution in [3.05, 3.63) is 102 Å². The molecule has 6 heteroatoms. The summed E-state index contributed by atoms with van der Waals surface area (Å²) in [5.74, 6) is 0.460. The number of nitrogens with one attached hydrogen (secondary N) is 1. The molecule has 212 valence electrons. The normalized spacial score (nSPS) is 12.9. The number of hydrogen-bond acceptors (Lipinski definition) is 3. The molecule has 0 radical (unpaired) electrons. The maximum absolute atomic E-state index is 13.5. The minimum Gasteiger partial charge on any atom is -0.497 e. The summed E-state index contributed by atoms with van der Waals surface area (Å²) in [7, 11) is 1.66. The van der Waals surface area contributed by atoms with Crippen LogP contribution in [0.5, 0.6) is 5.75 Å². The van der Waals surface area contributed by atoms with E-state index in [1.807, 2.05) is 36.4 Å². The lowest BCUT2D eigenvalue weighted by Crippen LogP contribution is -2.34. The highest BCUT2D eigenvalue weighted by Crippen LogP contribution is 2.36. The molecule has 0 unspecified atom stereocenters. The molecular weight excluding hydrogens is 501 g/mol. The van der Waals surface area contributed by atoms with Crippen molar-refractivity contribution in [3.8, 4) is 5.75 Å². The van der Waals surface area contributed by atoms with E-state index in [-0.39, 0.29) is 23.7 Å². The minimum absolute atomic E-state index is 0.0477. The van der Waals surface area contributed by atoms with Crippen molar-refractivity contribution in [3.63, 3.8) is 0 Å². The zero-order valence-corrected chi connectivity index (χ0v) is 24.2. The molecule has 1 amide bonds. The minimum atomic E-state index is -0.241. The van der Waals surface area contributed by atoms with Crippen molar-refractivity contribution in [1.29, 1.82) is 0 Å². The standard InChI is InChI=1S/C34H42FN3O2/c1-5-37(6-2)21-9-10-25(3)36-34(39)22-31(27-15-19-29(40-4)20-16-27)32-24-38(33-12-8-7-11-30(32)33)23-26-13-17-28(35)18-14-26/h7-8,11-20,24-25,31H,5-6,9-10,21-23H2,1-4H3,(H,36,39)/t25-,31+/m1/s1. The Morgan fingerprint density at radius 2 is 1.70 bits per heavy atom. The molecule has 5 nitrogen and oxygen atoms in total. The smallest absolute Gasteiger partial charge is 0.221 e. The molecule has 40 heavy (non-hydrogen) atoms. The third kappa shape index (κ3) is 7.51. The lowest BCUT2D eigenvalue weighted by Gasteiger charge is -2.21. The Labute approximate surface area is 238 Å². The third-order valence-electron chi connectivity index (χ3n) is 7.78. The van der Waals surface area contributed by atoms with Crippen LogP contribution in [0.3, 0.4) is 0 Å². The summed E-state index contributed by atoms with van der Waals surface area (Å²) in [4.78, 5) is 15.8. The number of methoxy groups -OCH3 is 1. The maximum atomic E-state index is 13.5. The van der Waals surface area contributed by atoms with Crippen molar-refractivity contribution < 1.29 is 13.9 Å². The van der Waals surface area contributed by atoms with Gasteiger partial charge in [-0.3, -0.25) is 4.79 Å². The Morgan fingerprint density at radius 1 is 1.00 bits per heavy atom. The Bertz CT molecular complexity index is 1360. The van der Waals surface area contributed by atoms with Gasteiger partial charge >= 0.3 is 0 Å². The third-order valence-corrected chi connectivity index (χ3v) is 7.78. The van der Waals surface area contributed by atoms with Crippen LogP contribution in [0, 0.1) is 5.82 Å². The number of para-hydroxylation sites is 1. The number of nitrogens with zero attached hydrogens (tertiary/aromatic N) is 2. The molecule has 0 aliphatic carbocycles. The van der Waals surface area contributed by atoms with Crippen LogP contribution in [0.25, 0.3) is 10.9 Å². The first kappa shape index (κ1) is 29.3. The summed E-state index contributed by atoms with van der Waals surface area (Å²) in [5.41, 5.74) is 4.28. The van der Waals surface area contributed by atoms with Crippen LogP contribution in [-0.2, 0) is 11.3 Å². The van der Waals surface area contributed by atoms with Crippen LogP contribution >= 0.6 is 0 Å². The number of carbonyl (C=O) groups is 1. The average molecular weight is 544 g/mol. The van der Waals surface area contributed by atoms with Gasteiger partial charge in [-0.05, 0) is 86.4 Å². The summed E-state index contributed by atoms with van der Waals surface area (Å²) in [6, 6.07) is 23.0. The molecule has 1 heterocycles. The van der Waals surface area contributed by atoms with E-state index in [9.17, 15) is 9.18 Å². The largest absolute Gasteiger partial charge is 0.497 e. The van der Waals surface area contributed by atoms with Gasteiger partial charge in [0, 0.05) is 42.0 Å². The summed E-state index contributed by atoms with van der Waals surface area (Å²) < 4.78 is 21.1. The number of amides is 1. The van der Waals surface area contributed by atoms with Gasteiger partial charge in [0.15, 0.2) is 0 Å². The van der Waals surface area contributed by atoms with Crippen LogP contribution in [-0.4, -0.2) is 48.2 Å². The quantitative estimate of drug-likeness (QED) is 0.187. The van der Waals surface area contributed by atoms with Gasteiger partial charge in [0.05, 0.1) is 7.11 Å². The Kier molecular flexibility index (Phi) is 10.4. The van der Waals surface area contributed by atoms with Crippen molar-refractivity contribution >= 4 is 16.8 Å². The van der Waals surface area contributed by atoms with Crippen LogP contribution < -0.4 is 10.1 Å². The second-order valence-electron chi connectivity index (χ2n) is 10.5. The number of hydrogen-bond donors (Lipinski definition) is 1. The summed E-state index contributed by atoms with van der Waals surface area (Å²) in [6.07, 6.45) is 4.51. The molecule has 0 bridgehead atoms. The fraction of sp³-hybridized carbons (Fsp3) is 0.382. The SMILES string of the molecule is CCN(CC)CCC[C@@H](C)NC(=O)C[C@@H](c1ccc(OC)cc1)c1cn(Cc2ccc(F)cc2)c2ccccc12. The van der Waals surface area contributed by atoms with Gasteiger partial charge in [0.1, 0.15) is 11.6 Å². The van der Waals surface area contributed by atoms with Gasteiger partial charge in [0.2, 0.25) is 5.91 Å². The van der Waals surface area contributed by atoms with Crippen molar-refractivity contribution in [2.75, 3.05) is 26.7 Å².